The maximum atomic E-state index is 12.7. The van der Waals surface area contributed by atoms with Gasteiger partial charge in [-0.1, -0.05) is 30.3 Å². The molecule has 1 aromatic rings. The summed E-state index contributed by atoms with van der Waals surface area (Å²) in [5.41, 5.74) is 1.35. The number of piperidine rings is 1. The molecule has 22 heavy (non-hydrogen) atoms. The Bertz CT molecular complexity index is 468. The van der Waals surface area contributed by atoms with Crippen molar-refractivity contribution in [3.8, 4) is 0 Å². The number of rotatable bonds is 5. The van der Waals surface area contributed by atoms with Crippen LogP contribution >= 0.6 is 0 Å². The lowest BCUT2D eigenvalue weighted by molar-refractivity contribution is -0.135. The summed E-state index contributed by atoms with van der Waals surface area (Å²) in [5.74, 6) is 1.09. The number of hydrogen-bond acceptors (Lipinski definition) is 2. The molecular formula is C19H28N2O. The minimum Gasteiger partial charge on any atom is -0.339 e. The minimum atomic E-state index is 0.382. The first-order chi connectivity index (χ1) is 10.8. The van der Waals surface area contributed by atoms with Crippen LogP contribution in [0.1, 0.15) is 44.1 Å². The summed E-state index contributed by atoms with van der Waals surface area (Å²) in [6.45, 7) is 3.18. The van der Waals surface area contributed by atoms with Crippen LogP contribution in [0.4, 0.5) is 0 Å². The van der Waals surface area contributed by atoms with Crippen molar-refractivity contribution >= 4 is 5.91 Å². The maximum Gasteiger partial charge on any atom is 0.222 e. The largest absolute Gasteiger partial charge is 0.339 e. The molecule has 1 N–H and O–H groups in total. The van der Waals surface area contributed by atoms with E-state index in [0.717, 1.165) is 45.3 Å². The van der Waals surface area contributed by atoms with Gasteiger partial charge in [-0.3, -0.25) is 4.79 Å². The highest BCUT2D eigenvalue weighted by atomic mass is 16.2. The monoisotopic (exact) mass is 300 g/mol. The highest BCUT2D eigenvalue weighted by molar-refractivity contribution is 5.76. The van der Waals surface area contributed by atoms with E-state index >= 15 is 0 Å². The lowest BCUT2D eigenvalue weighted by atomic mass is 9.94. The Hall–Kier alpha value is -1.35. The molecule has 2 fully saturated rings. The molecule has 0 spiro atoms. The van der Waals surface area contributed by atoms with Crippen molar-refractivity contribution in [3.05, 3.63) is 35.9 Å². The number of carbonyl (C=O) groups excluding carboxylic acids is 1. The highest BCUT2D eigenvalue weighted by Gasteiger charge is 2.27. The van der Waals surface area contributed by atoms with E-state index in [0.29, 0.717) is 17.9 Å². The number of benzene rings is 1. The second-order valence-electron chi connectivity index (χ2n) is 6.82. The van der Waals surface area contributed by atoms with Crippen molar-refractivity contribution in [2.75, 3.05) is 19.6 Å². The number of carbonyl (C=O) groups is 1. The van der Waals surface area contributed by atoms with Gasteiger partial charge in [0.25, 0.3) is 0 Å². The van der Waals surface area contributed by atoms with Crippen LogP contribution in [0.15, 0.2) is 30.3 Å². The van der Waals surface area contributed by atoms with Gasteiger partial charge in [-0.15, -0.1) is 0 Å². The molecule has 120 valence electrons. The lowest BCUT2D eigenvalue weighted by Crippen LogP contribution is -2.44. The van der Waals surface area contributed by atoms with Crippen molar-refractivity contribution in [2.24, 2.45) is 5.92 Å². The first kappa shape index (κ1) is 15.5. The molecule has 2 aliphatic heterocycles. The third-order valence-corrected chi connectivity index (χ3v) is 5.19. The maximum absolute atomic E-state index is 12.7. The fourth-order valence-electron chi connectivity index (χ4n) is 3.86. The zero-order valence-electron chi connectivity index (χ0n) is 13.5. The lowest BCUT2D eigenvalue weighted by Gasteiger charge is -2.36. The number of amides is 1. The summed E-state index contributed by atoms with van der Waals surface area (Å²) < 4.78 is 0. The molecule has 2 unspecified atom stereocenters. The van der Waals surface area contributed by atoms with Gasteiger partial charge < -0.3 is 10.2 Å². The van der Waals surface area contributed by atoms with Crippen molar-refractivity contribution in [1.82, 2.24) is 10.2 Å². The average Bonchev–Trinajstić information content (AvgIpc) is 3.08. The van der Waals surface area contributed by atoms with Crippen LogP contribution in [0.2, 0.25) is 0 Å². The van der Waals surface area contributed by atoms with Gasteiger partial charge in [0.15, 0.2) is 0 Å². The Morgan fingerprint density at radius 2 is 2.05 bits per heavy atom. The molecule has 2 heterocycles. The summed E-state index contributed by atoms with van der Waals surface area (Å²) in [5, 5.41) is 3.39. The predicted molar refractivity (Wildman–Crippen MR) is 89.7 cm³/mol. The van der Waals surface area contributed by atoms with Gasteiger partial charge in [-0.05, 0) is 63.1 Å². The summed E-state index contributed by atoms with van der Waals surface area (Å²) in [6.07, 6.45) is 7.62. The predicted octanol–water partition coefficient (Wildman–Crippen LogP) is 3.00. The molecule has 2 aliphatic rings. The summed E-state index contributed by atoms with van der Waals surface area (Å²) in [6, 6.07) is 11.0. The van der Waals surface area contributed by atoms with Crippen LogP contribution in [-0.2, 0) is 11.2 Å². The molecule has 1 amide bonds. The molecule has 0 bridgehead atoms. The van der Waals surface area contributed by atoms with E-state index in [1.165, 1.54) is 24.8 Å². The molecular weight excluding hydrogens is 272 g/mol. The van der Waals surface area contributed by atoms with E-state index < -0.39 is 0 Å². The number of nitrogens with zero attached hydrogens (tertiary/aromatic N) is 1. The van der Waals surface area contributed by atoms with Crippen LogP contribution in [0, 0.1) is 5.92 Å². The van der Waals surface area contributed by atoms with Gasteiger partial charge in [-0.2, -0.15) is 0 Å². The third kappa shape index (κ3) is 4.10. The molecule has 1 aromatic carbocycles. The van der Waals surface area contributed by atoms with Crippen LogP contribution in [0.3, 0.4) is 0 Å². The third-order valence-electron chi connectivity index (χ3n) is 5.19. The molecule has 0 radical (unpaired) electrons. The molecule has 0 saturated carbocycles. The molecule has 0 aliphatic carbocycles. The molecule has 3 heteroatoms. The molecule has 2 saturated heterocycles. The molecule has 0 aromatic heterocycles. The Morgan fingerprint density at radius 3 is 2.82 bits per heavy atom. The van der Waals surface area contributed by atoms with Crippen LogP contribution in [0.25, 0.3) is 0 Å². The van der Waals surface area contributed by atoms with E-state index in [9.17, 15) is 4.79 Å². The van der Waals surface area contributed by atoms with Crippen LogP contribution < -0.4 is 5.32 Å². The van der Waals surface area contributed by atoms with E-state index in [2.05, 4.69) is 40.5 Å². The number of hydrogen-bond donors (Lipinski definition) is 1. The SMILES string of the molecule is O=C(CCC1CCNC1)N1CCCCC1Cc1ccccc1. The van der Waals surface area contributed by atoms with Gasteiger partial charge in [0.05, 0.1) is 0 Å². The van der Waals surface area contributed by atoms with Gasteiger partial charge in [0.1, 0.15) is 0 Å². The smallest absolute Gasteiger partial charge is 0.222 e. The van der Waals surface area contributed by atoms with Crippen molar-refractivity contribution in [2.45, 2.75) is 51.0 Å². The van der Waals surface area contributed by atoms with E-state index in [4.69, 9.17) is 0 Å². The fraction of sp³-hybridized carbons (Fsp3) is 0.632. The standard InChI is InChI=1S/C19H28N2O/c22-19(10-9-17-11-12-20-15-17)21-13-5-4-8-18(21)14-16-6-2-1-3-7-16/h1-3,6-7,17-18,20H,4-5,8-15H2. The van der Waals surface area contributed by atoms with Gasteiger partial charge in [-0.25, -0.2) is 0 Å². The zero-order chi connectivity index (χ0) is 15.2. The summed E-state index contributed by atoms with van der Waals surface area (Å²) in [4.78, 5) is 14.8. The Morgan fingerprint density at radius 1 is 1.18 bits per heavy atom. The quantitative estimate of drug-likeness (QED) is 0.906. The number of nitrogens with one attached hydrogen (secondary N) is 1. The first-order valence-electron chi connectivity index (χ1n) is 8.87. The van der Waals surface area contributed by atoms with Gasteiger partial charge in [0.2, 0.25) is 5.91 Å². The van der Waals surface area contributed by atoms with Gasteiger partial charge >= 0.3 is 0 Å². The minimum absolute atomic E-state index is 0.382. The first-order valence-corrected chi connectivity index (χ1v) is 8.87. The van der Waals surface area contributed by atoms with Crippen LogP contribution in [-0.4, -0.2) is 36.5 Å². The topological polar surface area (TPSA) is 32.3 Å². The second-order valence-corrected chi connectivity index (χ2v) is 6.82. The Kier molecular flexibility index (Phi) is 5.49. The second kappa shape index (κ2) is 7.77. The van der Waals surface area contributed by atoms with Crippen LogP contribution in [0.5, 0.6) is 0 Å². The summed E-state index contributed by atoms with van der Waals surface area (Å²) in [7, 11) is 0. The molecule has 3 nitrogen and oxygen atoms in total. The summed E-state index contributed by atoms with van der Waals surface area (Å²) >= 11 is 0. The Balaban J connectivity index is 1.55. The molecule has 2 atom stereocenters. The average molecular weight is 300 g/mol. The Labute approximate surface area is 134 Å². The normalized spacial score (nSPS) is 25.4. The molecule has 3 rings (SSSR count). The highest BCUT2D eigenvalue weighted by Crippen LogP contribution is 2.23. The zero-order valence-corrected chi connectivity index (χ0v) is 13.5. The van der Waals surface area contributed by atoms with Crippen molar-refractivity contribution in [1.29, 1.82) is 0 Å². The fourth-order valence-corrected chi connectivity index (χ4v) is 3.86. The van der Waals surface area contributed by atoms with E-state index in [1.54, 1.807) is 0 Å². The number of likely N-dealkylation sites (tertiary alicyclic amines) is 1. The van der Waals surface area contributed by atoms with Crippen molar-refractivity contribution in [3.63, 3.8) is 0 Å². The van der Waals surface area contributed by atoms with Gasteiger partial charge in [0, 0.05) is 19.0 Å². The van der Waals surface area contributed by atoms with Crippen molar-refractivity contribution < 1.29 is 4.79 Å². The van der Waals surface area contributed by atoms with E-state index in [1.807, 2.05) is 0 Å². The van der Waals surface area contributed by atoms with E-state index in [-0.39, 0.29) is 0 Å².